The predicted molar refractivity (Wildman–Crippen MR) is 99.2 cm³/mol. The Bertz CT molecular complexity index is 879. The average molecular weight is 354 g/mol. The molecule has 0 unspecified atom stereocenters. The summed E-state index contributed by atoms with van der Waals surface area (Å²) in [6.45, 7) is 4.38. The first-order chi connectivity index (χ1) is 12.5. The number of aryl methyl sites for hydroxylation is 1. The number of nitriles is 1. The van der Waals surface area contributed by atoms with Crippen molar-refractivity contribution in [3.05, 3.63) is 57.0 Å². The molecule has 7 nitrogen and oxygen atoms in total. The number of rotatable bonds is 7. The minimum atomic E-state index is -0.396. The molecule has 1 aromatic heterocycles. The first kappa shape index (κ1) is 19.2. The molecule has 0 radical (unpaired) electrons. The van der Waals surface area contributed by atoms with Crippen LogP contribution in [0.1, 0.15) is 28.8 Å². The number of nitrogens with two attached hydrogens (primary N) is 1. The largest absolute Gasteiger partial charge is 0.492 e. The van der Waals surface area contributed by atoms with Crippen LogP contribution in [0.5, 0.6) is 5.75 Å². The van der Waals surface area contributed by atoms with Crippen LogP contribution in [-0.2, 0) is 11.2 Å². The standard InChI is InChI=1S/C19H22N4O3/c1-12-16(13(2)22-19(25)17(12)11-21)7-8-18(24)23-14-3-5-15(6-4-14)26-10-9-20/h3-6H,7-10,20H2,1-2H3,(H,22,25)(H,23,24). The van der Waals surface area contributed by atoms with E-state index in [2.05, 4.69) is 10.3 Å². The SMILES string of the molecule is Cc1[nH]c(=O)c(C#N)c(C)c1CCC(=O)Nc1ccc(OCCN)cc1. The second-order valence-corrected chi connectivity index (χ2v) is 5.88. The van der Waals surface area contributed by atoms with E-state index in [1.165, 1.54) is 0 Å². The summed E-state index contributed by atoms with van der Waals surface area (Å²) >= 11 is 0. The summed E-state index contributed by atoms with van der Waals surface area (Å²) in [5, 5.41) is 11.9. The van der Waals surface area contributed by atoms with Crippen LogP contribution >= 0.6 is 0 Å². The molecule has 0 aliphatic rings. The smallest absolute Gasteiger partial charge is 0.266 e. The van der Waals surface area contributed by atoms with Crippen LogP contribution in [0.15, 0.2) is 29.1 Å². The summed E-state index contributed by atoms with van der Waals surface area (Å²) in [5.74, 6) is 0.543. The fourth-order valence-corrected chi connectivity index (χ4v) is 2.69. The fourth-order valence-electron chi connectivity index (χ4n) is 2.69. The minimum absolute atomic E-state index is 0.0964. The normalized spacial score (nSPS) is 10.2. The zero-order valence-corrected chi connectivity index (χ0v) is 14.9. The summed E-state index contributed by atoms with van der Waals surface area (Å²) < 4.78 is 5.39. The molecule has 1 aromatic carbocycles. The molecule has 0 saturated heterocycles. The molecule has 0 spiro atoms. The number of benzene rings is 1. The van der Waals surface area contributed by atoms with E-state index in [0.29, 0.717) is 42.3 Å². The number of nitrogens with one attached hydrogen (secondary N) is 2. The molecule has 7 heteroatoms. The van der Waals surface area contributed by atoms with E-state index in [0.717, 1.165) is 5.56 Å². The van der Waals surface area contributed by atoms with Crippen LogP contribution in [0.4, 0.5) is 5.69 Å². The lowest BCUT2D eigenvalue weighted by Gasteiger charge is -2.11. The van der Waals surface area contributed by atoms with Crippen LogP contribution in [0, 0.1) is 25.2 Å². The van der Waals surface area contributed by atoms with Gasteiger partial charge < -0.3 is 20.8 Å². The van der Waals surface area contributed by atoms with Crippen LogP contribution in [0.2, 0.25) is 0 Å². The van der Waals surface area contributed by atoms with Gasteiger partial charge in [0.25, 0.3) is 5.56 Å². The molecule has 0 aliphatic heterocycles. The van der Waals surface area contributed by atoms with Crippen molar-refractivity contribution in [2.75, 3.05) is 18.5 Å². The average Bonchev–Trinajstić information content (AvgIpc) is 2.61. The number of aromatic amines is 1. The maximum Gasteiger partial charge on any atom is 0.266 e. The van der Waals surface area contributed by atoms with Gasteiger partial charge in [-0.25, -0.2) is 0 Å². The molecule has 0 fully saturated rings. The van der Waals surface area contributed by atoms with E-state index in [-0.39, 0.29) is 17.9 Å². The van der Waals surface area contributed by atoms with Gasteiger partial charge in [-0.05, 0) is 55.7 Å². The number of amides is 1. The topological polar surface area (TPSA) is 121 Å². The highest BCUT2D eigenvalue weighted by atomic mass is 16.5. The lowest BCUT2D eigenvalue weighted by Crippen LogP contribution is -2.18. The van der Waals surface area contributed by atoms with Gasteiger partial charge >= 0.3 is 0 Å². The Labute approximate surface area is 151 Å². The molecule has 2 aromatic rings. The lowest BCUT2D eigenvalue weighted by atomic mass is 9.99. The number of hydrogen-bond acceptors (Lipinski definition) is 5. The Morgan fingerprint density at radius 2 is 2.00 bits per heavy atom. The number of nitrogens with zero attached hydrogens (tertiary/aromatic N) is 1. The van der Waals surface area contributed by atoms with Gasteiger partial charge in [0, 0.05) is 24.3 Å². The number of carbonyl (C=O) groups is 1. The van der Waals surface area contributed by atoms with Crippen molar-refractivity contribution in [2.24, 2.45) is 5.73 Å². The van der Waals surface area contributed by atoms with Gasteiger partial charge in [-0.2, -0.15) is 5.26 Å². The highest BCUT2D eigenvalue weighted by Gasteiger charge is 2.13. The van der Waals surface area contributed by atoms with Crippen LogP contribution < -0.4 is 21.3 Å². The van der Waals surface area contributed by atoms with Crippen LogP contribution in [0.25, 0.3) is 0 Å². The monoisotopic (exact) mass is 354 g/mol. The fraction of sp³-hybridized carbons (Fsp3) is 0.316. The molecular formula is C19H22N4O3. The maximum absolute atomic E-state index is 12.2. The molecule has 0 bridgehead atoms. The summed E-state index contributed by atoms with van der Waals surface area (Å²) in [6, 6.07) is 8.96. The Balaban J connectivity index is 1.99. The van der Waals surface area contributed by atoms with E-state index in [1.807, 2.05) is 6.07 Å². The van der Waals surface area contributed by atoms with Crippen LogP contribution in [-0.4, -0.2) is 24.0 Å². The van der Waals surface area contributed by atoms with E-state index in [1.54, 1.807) is 38.1 Å². The molecule has 26 heavy (non-hydrogen) atoms. The molecule has 4 N–H and O–H groups in total. The van der Waals surface area contributed by atoms with Gasteiger partial charge in [0.2, 0.25) is 5.91 Å². The van der Waals surface area contributed by atoms with Crippen LogP contribution in [0.3, 0.4) is 0 Å². The predicted octanol–water partition coefficient (Wildman–Crippen LogP) is 1.77. The third-order valence-corrected chi connectivity index (χ3v) is 4.05. The molecule has 136 valence electrons. The molecule has 1 heterocycles. The second-order valence-electron chi connectivity index (χ2n) is 5.88. The number of anilines is 1. The summed E-state index contributed by atoms with van der Waals surface area (Å²) in [6.07, 6.45) is 0.677. The Morgan fingerprint density at radius 3 is 2.62 bits per heavy atom. The highest BCUT2D eigenvalue weighted by Crippen LogP contribution is 2.17. The van der Waals surface area contributed by atoms with Gasteiger partial charge in [-0.1, -0.05) is 0 Å². The zero-order valence-electron chi connectivity index (χ0n) is 14.9. The zero-order chi connectivity index (χ0) is 19.1. The van der Waals surface area contributed by atoms with Gasteiger partial charge in [0.05, 0.1) is 0 Å². The molecule has 1 amide bonds. The minimum Gasteiger partial charge on any atom is -0.492 e. The first-order valence-corrected chi connectivity index (χ1v) is 8.31. The second kappa shape index (κ2) is 8.83. The Morgan fingerprint density at radius 1 is 1.31 bits per heavy atom. The molecule has 0 aliphatic carbocycles. The summed E-state index contributed by atoms with van der Waals surface area (Å²) in [7, 11) is 0. The van der Waals surface area contributed by atoms with Crippen molar-refractivity contribution >= 4 is 11.6 Å². The van der Waals surface area contributed by atoms with Crippen molar-refractivity contribution in [2.45, 2.75) is 26.7 Å². The van der Waals surface area contributed by atoms with E-state index in [4.69, 9.17) is 15.7 Å². The van der Waals surface area contributed by atoms with Gasteiger partial charge in [-0.15, -0.1) is 0 Å². The van der Waals surface area contributed by atoms with E-state index < -0.39 is 5.56 Å². The van der Waals surface area contributed by atoms with E-state index >= 15 is 0 Å². The number of H-pyrrole nitrogens is 1. The summed E-state index contributed by atoms with van der Waals surface area (Å²) in [4.78, 5) is 26.6. The Hall–Kier alpha value is -3.11. The third-order valence-electron chi connectivity index (χ3n) is 4.05. The lowest BCUT2D eigenvalue weighted by molar-refractivity contribution is -0.116. The molecule has 2 rings (SSSR count). The number of pyridine rings is 1. The number of carbonyl (C=O) groups excluding carboxylic acids is 1. The van der Waals surface area contributed by atoms with Crippen molar-refractivity contribution in [1.29, 1.82) is 5.26 Å². The van der Waals surface area contributed by atoms with Gasteiger partial charge in [0.1, 0.15) is 24.0 Å². The van der Waals surface area contributed by atoms with Crippen molar-refractivity contribution in [3.63, 3.8) is 0 Å². The van der Waals surface area contributed by atoms with Crippen molar-refractivity contribution in [3.8, 4) is 11.8 Å². The number of aromatic nitrogens is 1. The first-order valence-electron chi connectivity index (χ1n) is 8.31. The van der Waals surface area contributed by atoms with Crippen molar-refractivity contribution in [1.82, 2.24) is 4.98 Å². The van der Waals surface area contributed by atoms with Crippen molar-refractivity contribution < 1.29 is 9.53 Å². The Kier molecular flexibility index (Phi) is 6.53. The number of ether oxygens (including phenoxy) is 1. The molecular weight excluding hydrogens is 332 g/mol. The van der Waals surface area contributed by atoms with Gasteiger partial charge in [-0.3, -0.25) is 9.59 Å². The highest BCUT2D eigenvalue weighted by molar-refractivity contribution is 5.90. The van der Waals surface area contributed by atoms with Gasteiger partial charge in [0.15, 0.2) is 0 Å². The van der Waals surface area contributed by atoms with E-state index in [9.17, 15) is 9.59 Å². The summed E-state index contributed by atoms with van der Waals surface area (Å²) in [5.41, 5.74) is 7.88. The molecule has 0 atom stereocenters. The molecule has 0 saturated carbocycles. The quantitative estimate of drug-likeness (QED) is 0.700. The maximum atomic E-state index is 12.2. The third kappa shape index (κ3) is 4.71. The number of hydrogen-bond donors (Lipinski definition) is 3.